The minimum atomic E-state index is -0.584. The Balaban J connectivity index is 3.55. The first-order valence-electron chi connectivity index (χ1n) is 7.35. The van der Waals surface area contributed by atoms with Crippen LogP contribution in [0.1, 0.15) is 46.5 Å². The standard InChI is InChI=1S/C14H31N3O2/c1-4-5-6-7-8-16-14(15)17-9-13(18)11-19-10-12(2)3/h12-13,18H,4-11H2,1-3H3,(H3,15,16,17). The van der Waals surface area contributed by atoms with Gasteiger partial charge < -0.3 is 20.9 Å². The number of nitrogens with one attached hydrogen (secondary N) is 1. The molecule has 0 radical (unpaired) electrons. The molecule has 0 heterocycles. The molecule has 5 nitrogen and oxygen atoms in total. The van der Waals surface area contributed by atoms with Crippen molar-refractivity contribution < 1.29 is 9.84 Å². The molecule has 0 amide bonds. The fourth-order valence-electron chi connectivity index (χ4n) is 1.52. The van der Waals surface area contributed by atoms with Crippen molar-refractivity contribution in [3.8, 4) is 0 Å². The molecule has 0 aromatic rings. The minimum absolute atomic E-state index is 0.284. The Labute approximate surface area is 117 Å². The van der Waals surface area contributed by atoms with Crippen molar-refractivity contribution in [1.82, 2.24) is 5.32 Å². The topological polar surface area (TPSA) is 79.9 Å². The number of guanidine groups is 1. The fourth-order valence-corrected chi connectivity index (χ4v) is 1.52. The van der Waals surface area contributed by atoms with Gasteiger partial charge in [-0.1, -0.05) is 40.0 Å². The molecule has 0 aliphatic heterocycles. The summed E-state index contributed by atoms with van der Waals surface area (Å²) in [6.45, 7) is 8.43. The molecule has 0 aliphatic carbocycles. The molecule has 0 aliphatic rings. The summed E-state index contributed by atoms with van der Waals surface area (Å²) in [5.74, 6) is 0.880. The summed E-state index contributed by atoms with van der Waals surface area (Å²) in [4.78, 5) is 4.09. The highest BCUT2D eigenvalue weighted by atomic mass is 16.5. The van der Waals surface area contributed by atoms with Crippen molar-refractivity contribution in [2.45, 2.75) is 52.6 Å². The lowest BCUT2D eigenvalue weighted by molar-refractivity contribution is 0.0301. The molecule has 0 aromatic heterocycles. The minimum Gasteiger partial charge on any atom is -0.389 e. The van der Waals surface area contributed by atoms with Gasteiger partial charge in [0.15, 0.2) is 5.96 Å². The number of ether oxygens (including phenoxy) is 1. The van der Waals surface area contributed by atoms with Crippen molar-refractivity contribution in [2.24, 2.45) is 16.6 Å². The van der Waals surface area contributed by atoms with E-state index in [0.29, 0.717) is 25.1 Å². The van der Waals surface area contributed by atoms with Crippen LogP contribution in [0.3, 0.4) is 0 Å². The van der Waals surface area contributed by atoms with Gasteiger partial charge in [0.05, 0.1) is 19.3 Å². The summed E-state index contributed by atoms with van der Waals surface area (Å²) in [6, 6.07) is 0. The first-order chi connectivity index (χ1) is 9.06. The molecule has 0 saturated heterocycles. The third kappa shape index (κ3) is 13.4. The molecule has 0 fully saturated rings. The maximum Gasteiger partial charge on any atom is 0.188 e. The van der Waals surface area contributed by atoms with E-state index in [9.17, 15) is 5.11 Å². The second kappa shape index (κ2) is 12.2. The van der Waals surface area contributed by atoms with Crippen LogP contribution >= 0.6 is 0 Å². The quantitative estimate of drug-likeness (QED) is 0.303. The van der Waals surface area contributed by atoms with Crippen LogP contribution in [-0.2, 0) is 4.74 Å². The Morgan fingerprint density at radius 3 is 2.63 bits per heavy atom. The molecule has 0 spiro atoms. The number of hydrogen-bond donors (Lipinski definition) is 3. The number of nitrogens with zero attached hydrogens (tertiary/aromatic N) is 1. The van der Waals surface area contributed by atoms with Crippen LogP contribution < -0.4 is 11.1 Å². The molecule has 1 unspecified atom stereocenters. The van der Waals surface area contributed by atoms with Gasteiger partial charge in [-0.25, -0.2) is 0 Å². The molecule has 0 bridgehead atoms. The Hall–Kier alpha value is -0.810. The first kappa shape index (κ1) is 18.2. The Kier molecular flexibility index (Phi) is 11.7. The smallest absolute Gasteiger partial charge is 0.188 e. The predicted molar refractivity (Wildman–Crippen MR) is 80.3 cm³/mol. The van der Waals surface area contributed by atoms with E-state index in [1.165, 1.54) is 19.3 Å². The van der Waals surface area contributed by atoms with Gasteiger partial charge in [0.1, 0.15) is 0 Å². The number of aliphatic hydroxyl groups is 1. The number of nitrogens with two attached hydrogens (primary N) is 1. The lowest BCUT2D eigenvalue weighted by atomic mass is 10.2. The molecule has 0 saturated carbocycles. The first-order valence-corrected chi connectivity index (χ1v) is 7.35. The van der Waals surface area contributed by atoms with E-state index in [1.54, 1.807) is 0 Å². The second-order valence-corrected chi connectivity index (χ2v) is 5.30. The summed E-state index contributed by atoms with van der Waals surface area (Å²) in [6.07, 6.45) is 4.21. The van der Waals surface area contributed by atoms with Gasteiger partial charge in [-0.2, -0.15) is 0 Å². The highest BCUT2D eigenvalue weighted by Gasteiger charge is 2.04. The van der Waals surface area contributed by atoms with Gasteiger partial charge in [-0.3, -0.25) is 4.99 Å². The third-order valence-electron chi connectivity index (χ3n) is 2.57. The van der Waals surface area contributed by atoms with E-state index in [4.69, 9.17) is 10.5 Å². The van der Waals surface area contributed by atoms with Crippen molar-refractivity contribution in [3.05, 3.63) is 0 Å². The Morgan fingerprint density at radius 2 is 2.00 bits per heavy atom. The SMILES string of the molecule is CCCCCCNC(N)=NCC(O)COCC(C)C. The van der Waals surface area contributed by atoms with Gasteiger partial charge in [-0.15, -0.1) is 0 Å². The van der Waals surface area contributed by atoms with E-state index in [2.05, 4.69) is 31.1 Å². The van der Waals surface area contributed by atoms with E-state index in [1.807, 2.05) is 0 Å². The van der Waals surface area contributed by atoms with Crippen molar-refractivity contribution >= 4 is 5.96 Å². The van der Waals surface area contributed by atoms with Crippen LogP contribution in [0.4, 0.5) is 0 Å². The summed E-state index contributed by atoms with van der Waals surface area (Å²) in [5, 5.41) is 12.7. The third-order valence-corrected chi connectivity index (χ3v) is 2.57. The summed E-state index contributed by atoms with van der Waals surface area (Å²) in [5.41, 5.74) is 5.70. The van der Waals surface area contributed by atoms with E-state index >= 15 is 0 Å². The Morgan fingerprint density at radius 1 is 1.26 bits per heavy atom. The van der Waals surface area contributed by atoms with Crippen molar-refractivity contribution in [3.63, 3.8) is 0 Å². The number of unbranched alkanes of at least 4 members (excludes halogenated alkanes) is 3. The molecule has 1 atom stereocenters. The van der Waals surface area contributed by atoms with Gasteiger partial charge in [-0.05, 0) is 12.3 Å². The van der Waals surface area contributed by atoms with Gasteiger partial charge in [0.25, 0.3) is 0 Å². The van der Waals surface area contributed by atoms with Crippen LogP contribution in [0, 0.1) is 5.92 Å². The molecular weight excluding hydrogens is 242 g/mol. The predicted octanol–water partition coefficient (Wildman–Crippen LogP) is 1.50. The molecule has 0 rings (SSSR count). The Bertz CT molecular complexity index is 233. The fraction of sp³-hybridized carbons (Fsp3) is 0.929. The zero-order valence-electron chi connectivity index (χ0n) is 12.7. The number of aliphatic imine (C=N–C) groups is 1. The number of rotatable bonds is 11. The highest BCUT2D eigenvalue weighted by molar-refractivity contribution is 5.77. The van der Waals surface area contributed by atoms with E-state index in [-0.39, 0.29) is 6.54 Å². The molecular formula is C14H31N3O2. The summed E-state index contributed by atoms with van der Waals surface area (Å²) < 4.78 is 5.33. The highest BCUT2D eigenvalue weighted by Crippen LogP contribution is 1.97. The van der Waals surface area contributed by atoms with E-state index < -0.39 is 6.10 Å². The van der Waals surface area contributed by atoms with Crippen LogP contribution in [0.15, 0.2) is 4.99 Å². The molecule has 5 heteroatoms. The molecule has 4 N–H and O–H groups in total. The van der Waals surface area contributed by atoms with Gasteiger partial charge in [0.2, 0.25) is 0 Å². The average molecular weight is 273 g/mol. The maximum atomic E-state index is 9.64. The lowest BCUT2D eigenvalue weighted by Gasteiger charge is -2.11. The molecule has 19 heavy (non-hydrogen) atoms. The van der Waals surface area contributed by atoms with Crippen molar-refractivity contribution in [2.75, 3.05) is 26.3 Å². The largest absolute Gasteiger partial charge is 0.389 e. The van der Waals surface area contributed by atoms with Crippen LogP contribution in [0.2, 0.25) is 0 Å². The number of aliphatic hydroxyl groups excluding tert-OH is 1. The van der Waals surface area contributed by atoms with Crippen LogP contribution in [0.5, 0.6) is 0 Å². The normalized spacial score (nSPS) is 13.8. The maximum absolute atomic E-state index is 9.64. The molecule has 114 valence electrons. The second-order valence-electron chi connectivity index (χ2n) is 5.30. The van der Waals surface area contributed by atoms with Crippen molar-refractivity contribution in [1.29, 1.82) is 0 Å². The zero-order valence-corrected chi connectivity index (χ0v) is 12.7. The summed E-state index contributed by atoms with van der Waals surface area (Å²) >= 11 is 0. The average Bonchev–Trinajstić information content (AvgIpc) is 2.35. The molecule has 0 aromatic carbocycles. The zero-order chi connectivity index (χ0) is 14.5. The van der Waals surface area contributed by atoms with Crippen LogP contribution in [-0.4, -0.2) is 43.5 Å². The number of hydrogen-bond acceptors (Lipinski definition) is 3. The summed E-state index contributed by atoms with van der Waals surface area (Å²) in [7, 11) is 0. The van der Waals surface area contributed by atoms with E-state index in [0.717, 1.165) is 13.0 Å². The van der Waals surface area contributed by atoms with Gasteiger partial charge >= 0.3 is 0 Å². The van der Waals surface area contributed by atoms with Crippen LogP contribution in [0.25, 0.3) is 0 Å². The lowest BCUT2D eigenvalue weighted by Crippen LogP contribution is -2.33. The van der Waals surface area contributed by atoms with Gasteiger partial charge in [0, 0.05) is 13.2 Å². The monoisotopic (exact) mass is 273 g/mol.